The van der Waals surface area contributed by atoms with Gasteiger partial charge in [0.15, 0.2) is 31.5 Å². The molecule has 5 saturated heterocycles. The Bertz CT molecular complexity index is 1380. The van der Waals surface area contributed by atoms with Crippen LogP contribution in [0.2, 0.25) is 0 Å². The number of nitrogens with two attached hydrogens (primary N) is 1. The van der Waals surface area contributed by atoms with Gasteiger partial charge in [-0.05, 0) is 19.9 Å². The molecule has 0 aliphatic carbocycles. The summed E-state index contributed by atoms with van der Waals surface area (Å²) in [5.74, 6) is -0.823. The Hall–Kier alpha value is -1.53. The molecule has 5 aliphatic heterocycles. The molecule has 5 fully saturated rings. The van der Waals surface area contributed by atoms with E-state index in [2.05, 4.69) is 5.32 Å². The van der Waals surface area contributed by atoms with E-state index in [0.717, 1.165) is 6.92 Å². The lowest BCUT2D eigenvalue weighted by Gasteiger charge is -2.51. The molecule has 17 N–H and O–H groups in total. The molecule has 0 saturated carbocycles. The SMILES string of the molecule is CC(=O)N[C@H]1[C@H](O[C@H]2[C@@H](O)[C@@H](CO)O[C@@H](O[C@H]3[C@H](O)[C@@H](O)[C@H](OCCCN)O[C@@H]3CO)[C@@H]2O)O[C@H](CO)[C@@H](O[C@@H]2O[C@H](CO)[C@H](O)[C@H](O)[C@H]2O)[C@@H]1O[C@@H]1O[C@@H](C)[C@@H](O)[C@@H](O)[C@@H]1O. The molecule has 62 heavy (non-hydrogen) atoms. The summed E-state index contributed by atoms with van der Waals surface area (Å²) in [6.07, 6.45) is -42.2. The number of aliphatic hydroxyl groups excluding tert-OH is 14. The van der Waals surface area contributed by atoms with Gasteiger partial charge in [0.25, 0.3) is 0 Å². The summed E-state index contributed by atoms with van der Waals surface area (Å²) in [6.45, 7) is -0.985. The van der Waals surface area contributed by atoms with Crippen molar-refractivity contribution in [3.05, 3.63) is 0 Å². The van der Waals surface area contributed by atoms with E-state index in [1.807, 2.05) is 0 Å². The Morgan fingerprint density at radius 1 is 0.500 bits per heavy atom. The molecule has 1 amide bonds. The first-order valence-corrected chi connectivity index (χ1v) is 20.1. The minimum absolute atomic E-state index is 0.0268. The zero-order valence-corrected chi connectivity index (χ0v) is 33.7. The van der Waals surface area contributed by atoms with Gasteiger partial charge < -0.3 is 130 Å². The fourth-order valence-corrected chi connectivity index (χ4v) is 7.77. The molecule has 362 valence electrons. The second-order valence-corrected chi connectivity index (χ2v) is 15.7. The molecule has 0 unspecified atom stereocenters. The van der Waals surface area contributed by atoms with Crippen LogP contribution in [0.1, 0.15) is 20.3 Å². The van der Waals surface area contributed by atoms with Crippen molar-refractivity contribution in [3.8, 4) is 0 Å². The maximum atomic E-state index is 12.8. The van der Waals surface area contributed by atoms with Crippen molar-refractivity contribution in [1.82, 2.24) is 5.32 Å². The zero-order chi connectivity index (χ0) is 45.7. The van der Waals surface area contributed by atoms with Crippen LogP contribution in [0, 0.1) is 0 Å². The summed E-state index contributed by atoms with van der Waals surface area (Å²) in [4.78, 5) is 12.8. The molecule has 0 bridgehead atoms. The lowest BCUT2D eigenvalue weighted by molar-refractivity contribution is -0.391. The van der Waals surface area contributed by atoms with Gasteiger partial charge in [0.05, 0.1) is 39.1 Å². The standard InChI is InChI=1S/C35H62N2O25/c1-10-17(43)20(46)23(49)33(54-10)61-29-16(37-11(2)42)31(57-15(9-41)28(29)60-34-24(50)21(47)18(44)12(6-38)55-34)62-30-19(45)13(7-39)56-35(26(30)52)59-27-14(8-40)58-32(25(51)22(27)48)53-5-3-4-36/h10,12-35,38-41,43-52H,3-9,36H2,1-2H3,(H,37,42)/t10-,12+,13+,14+,15+,16+,17+,18-,19-,20+,21-,22+,23-,24+,25+,26+,27+,28+,29+,30-,31-,32+,33-,34-,35-/m0/s1. The highest BCUT2D eigenvalue weighted by atomic mass is 16.8. The minimum atomic E-state index is -2.10. The molecule has 5 heterocycles. The molecule has 0 aromatic carbocycles. The number of aliphatic hydroxyl groups is 14. The molecule has 0 spiro atoms. The molecule has 27 nitrogen and oxygen atoms in total. The van der Waals surface area contributed by atoms with Gasteiger partial charge in [-0.3, -0.25) is 4.79 Å². The number of carbonyl (C=O) groups excluding carboxylic acids is 1. The van der Waals surface area contributed by atoms with Crippen molar-refractivity contribution >= 4 is 5.91 Å². The first-order valence-electron chi connectivity index (χ1n) is 20.1. The van der Waals surface area contributed by atoms with Gasteiger partial charge in [-0.15, -0.1) is 0 Å². The third-order valence-electron chi connectivity index (χ3n) is 11.3. The van der Waals surface area contributed by atoms with E-state index in [1.165, 1.54) is 6.92 Å². The molecule has 5 rings (SSSR count). The molecule has 0 aromatic heterocycles. The summed E-state index contributed by atoms with van der Waals surface area (Å²) in [7, 11) is 0. The number of ether oxygens (including phenoxy) is 10. The Morgan fingerprint density at radius 2 is 0.952 bits per heavy atom. The molecule has 0 aromatic rings. The van der Waals surface area contributed by atoms with E-state index in [0.29, 0.717) is 6.42 Å². The van der Waals surface area contributed by atoms with E-state index in [4.69, 9.17) is 53.1 Å². The number of hydrogen-bond donors (Lipinski definition) is 16. The summed E-state index contributed by atoms with van der Waals surface area (Å²) in [6, 6.07) is -1.73. The highest BCUT2D eigenvalue weighted by Crippen LogP contribution is 2.37. The second-order valence-electron chi connectivity index (χ2n) is 15.7. The number of hydrogen-bond acceptors (Lipinski definition) is 26. The van der Waals surface area contributed by atoms with E-state index in [1.54, 1.807) is 0 Å². The predicted molar refractivity (Wildman–Crippen MR) is 194 cm³/mol. The Balaban J connectivity index is 1.47. The van der Waals surface area contributed by atoms with E-state index in [9.17, 15) is 76.3 Å². The third kappa shape index (κ3) is 11.2. The van der Waals surface area contributed by atoms with Crippen molar-refractivity contribution in [3.63, 3.8) is 0 Å². The lowest BCUT2D eigenvalue weighted by Crippen LogP contribution is -2.71. The first kappa shape index (κ1) is 51.5. The minimum Gasteiger partial charge on any atom is -0.394 e. The number of rotatable bonds is 17. The number of amides is 1. The summed E-state index contributed by atoms with van der Waals surface area (Å²) < 4.78 is 57.8. The second kappa shape index (κ2) is 22.8. The van der Waals surface area contributed by atoms with E-state index >= 15 is 0 Å². The van der Waals surface area contributed by atoms with Gasteiger partial charge >= 0.3 is 0 Å². The van der Waals surface area contributed by atoms with Crippen molar-refractivity contribution in [2.75, 3.05) is 39.6 Å². The van der Waals surface area contributed by atoms with Gasteiger partial charge in [0.2, 0.25) is 5.91 Å². The van der Waals surface area contributed by atoms with Crippen molar-refractivity contribution < 1.29 is 124 Å². The highest BCUT2D eigenvalue weighted by Gasteiger charge is 2.58. The molecule has 5 aliphatic rings. The maximum absolute atomic E-state index is 12.8. The van der Waals surface area contributed by atoms with Crippen LogP contribution in [0.15, 0.2) is 0 Å². The van der Waals surface area contributed by atoms with Crippen LogP contribution in [0.5, 0.6) is 0 Å². The zero-order valence-electron chi connectivity index (χ0n) is 33.7. The monoisotopic (exact) mass is 910 g/mol. The van der Waals surface area contributed by atoms with Crippen LogP contribution in [-0.2, 0) is 52.2 Å². The van der Waals surface area contributed by atoms with Crippen molar-refractivity contribution in [1.29, 1.82) is 0 Å². The maximum Gasteiger partial charge on any atom is 0.217 e. The van der Waals surface area contributed by atoms with Crippen LogP contribution >= 0.6 is 0 Å². The normalized spacial score (nSPS) is 49.1. The summed E-state index contributed by atoms with van der Waals surface area (Å²) >= 11 is 0. The highest BCUT2D eigenvalue weighted by molar-refractivity contribution is 5.73. The van der Waals surface area contributed by atoms with Crippen LogP contribution in [0.3, 0.4) is 0 Å². The quantitative estimate of drug-likeness (QED) is 0.0603. The van der Waals surface area contributed by atoms with E-state index in [-0.39, 0.29) is 13.2 Å². The van der Waals surface area contributed by atoms with Crippen molar-refractivity contribution in [2.24, 2.45) is 5.73 Å². The molecule has 25 atom stereocenters. The fourth-order valence-electron chi connectivity index (χ4n) is 7.77. The molecule has 0 radical (unpaired) electrons. The first-order chi connectivity index (χ1) is 29.4. The summed E-state index contributed by atoms with van der Waals surface area (Å²) in [5.41, 5.74) is 5.48. The van der Waals surface area contributed by atoms with Gasteiger partial charge in [0.1, 0.15) is 116 Å². The number of carbonyl (C=O) groups is 1. The summed E-state index contributed by atoms with van der Waals surface area (Å²) in [5, 5.41) is 152. The smallest absolute Gasteiger partial charge is 0.217 e. The average molecular weight is 911 g/mol. The van der Waals surface area contributed by atoms with Crippen LogP contribution in [0.4, 0.5) is 0 Å². The number of nitrogens with one attached hydrogen (secondary N) is 1. The lowest BCUT2D eigenvalue weighted by atomic mass is 9.93. The third-order valence-corrected chi connectivity index (χ3v) is 11.3. The van der Waals surface area contributed by atoms with Gasteiger partial charge in [0, 0.05) is 6.92 Å². The van der Waals surface area contributed by atoms with Crippen LogP contribution in [-0.4, -0.2) is 270 Å². The molecule has 27 heteroatoms. The van der Waals surface area contributed by atoms with Gasteiger partial charge in [-0.2, -0.15) is 0 Å². The van der Waals surface area contributed by atoms with Crippen LogP contribution < -0.4 is 11.1 Å². The van der Waals surface area contributed by atoms with Crippen LogP contribution in [0.25, 0.3) is 0 Å². The van der Waals surface area contributed by atoms with E-state index < -0.39 is 186 Å². The predicted octanol–water partition coefficient (Wildman–Crippen LogP) is -10.4. The average Bonchev–Trinajstić information content (AvgIpc) is 3.25. The molecular weight excluding hydrogens is 848 g/mol. The van der Waals surface area contributed by atoms with Gasteiger partial charge in [-0.1, -0.05) is 0 Å². The van der Waals surface area contributed by atoms with Crippen molar-refractivity contribution in [2.45, 2.75) is 174 Å². The largest absolute Gasteiger partial charge is 0.394 e. The Labute approximate surface area is 353 Å². The van der Waals surface area contributed by atoms with Gasteiger partial charge in [-0.25, -0.2) is 0 Å². The molecular formula is C35H62N2O25. The Morgan fingerprint density at radius 3 is 1.53 bits per heavy atom. The Kier molecular flexibility index (Phi) is 18.9. The fraction of sp³-hybridized carbons (Fsp3) is 0.971. The topological polar surface area (TPSA) is 431 Å².